The van der Waals surface area contributed by atoms with Gasteiger partial charge in [0.05, 0.1) is 10.6 Å². The minimum absolute atomic E-state index is 0.0910. The molecule has 0 amide bonds. The molecule has 5 nitrogen and oxygen atoms in total. The number of rotatable bonds is 6. The lowest BCUT2D eigenvalue weighted by molar-refractivity contribution is -0.385. The molecule has 0 unspecified atom stereocenters. The summed E-state index contributed by atoms with van der Waals surface area (Å²) >= 11 is 3.30. The predicted molar refractivity (Wildman–Crippen MR) is 85.0 cm³/mol. The van der Waals surface area contributed by atoms with Crippen LogP contribution in [0.4, 0.5) is 5.69 Å². The largest absolute Gasteiger partial charge is 0.307 e. The van der Waals surface area contributed by atoms with Gasteiger partial charge in [0.2, 0.25) is 0 Å². The van der Waals surface area contributed by atoms with Crippen molar-refractivity contribution in [3.05, 3.63) is 67.9 Å². The summed E-state index contributed by atoms with van der Waals surface area (Å²) in [6.07, 6.45) is 2.72. The van der Waals surface area contributed by atoms with Crippen LogP contribution in [0.2, 0.25) is 0 Å². The third-order valence-electron chi connectivity index (χ3n) is 3.14. The first-order valence-electron chi connectivity index (χ1n) is 6.67. The molecule has 2 aromatic rings. The van der Waals surface area contributed by atoms with Crippen LogP contribution in [0.1, 0.15) is 23.7 Å². The maximum absolute atomic E-state index is 10.8. The molecular weight excluding hydrogens is 334 g/mol. The molecule has 0 spiro atoms. The van der Waals surface area contributed by atoms with Crippen molar-refractivity contribution in [2.45, 2.75) is 26.4 Å². The molecule has 0 saturated carbocycles. The Bertz CT molecular complexity index is 647. The van der Waals surface area contributed by atoms with Crippen molar-refractivity contribution in [1.29, 1.82) is 0 Å². The van der Waals surface area contributed by atoms with Crippen molar-refractivity contribution in [1.82, 2.24) is 10.3 Å². The molecule has 0 atom stereocenters. The lowest BCUT2D eigenvalue weighted by Gasteiger charge is -2.08. The molecule has 0 aliphatic rings. The van der Waals surface area contributed by atoms with Gasteiger partial charge in [0.25, 0.3) is 5.69 Å². The van der Waals surface area contributed by atoms with Gasteiger partial charge in [-0.2, -0.15) is 0 Å². The Morgan fingerprint density at radius 2 is 2.14 bits per heavy atom. The lowest BCUT2D eigenvalue weighted by Crippen LogP contribution is -2.15. The molecule has 0 saturated heterocycles. The van der Waals surface area contributed by atoms with Gasteiger partial charge in [0, 0.05) is 35.9 Å². The Balaban J connectivity index is 2.02. The number of nitro groups is 1. The van der Waals surface area contributed by atoms with E-state index in [1.165, 1.54) is 11.6 Å². The van der Waals surface area contributed by atoms with Crippen LogP contribution in [0.3, 0.4) is 0 Å². The minimum Gasteiger partial charge on any atom is -0.307 e. The molecule has 1 aromatic heterocycles. The first kappa shape index (κ1) is 15.6. The topological polar surface area (TPSA) is 68.1 Å². The molecule has 0 radical (unpaired) electrons. The molecular formula is C15H16BrN3O2. The molecule has 110 valence electrons. The predicted octanol–water partition coefficient (Wildman–Crippen LogP) is 3.60. The number of nitrogens with one attached hydrogen (secondary N) is 1. The van der Waals surface area contributed by atoms with Gasteiger partial charge in [-0.3, -0.25) is 15.1 Å². The quantitative estimate of drug-likeness (QED) is 0.638. The molecule has 0 fully saturated rings. The maximum Gasteiger partial charge on any atom is 0.270 e. The van der Waals surface area contributed by atoms with E-state index >= 15 is 0 Å². The number of halogens is 1. The van der Waals surface area contributed by atoms with Crippen molar-refractivity contribution in [2.75, 3.05) is 0 Å². The van der Waals surface area contributed by atoms with E-state index in [1.54, 1.807) is 12.3 Å². The third kappa shape index (κ3) is 4.34. The van der Waals surface area contributed by atoms with E-state index in [9.17, 15) is 10.1 Å². The number of aryl methyl sites for hydroxylation is 1. The molecule has 21 heavy (non-hydrogen) atoms. The minimum atomic E-state index is -0.387. The fourth-order valence-corrected chi connectivity index (χ4v) is 2.65. The maximum atomic E-state index is 10.8. The average Bonchev–Trinajstić information content (AvgIpc) is 2.47. The Hall–Kier alpha value is -1.79. The first-order chi connectivity index (χ1) is 10.1. The normalized spacial score (nSPS) is 10.6. The van der Waals surface area contributed by atoms with Gasteiger partial charge in [-0.15, -0.1) is 0 Å². The zero-order valence-electron chi connectivity index (χ0n) is 11.7. The second-order valence-corrected chi connectivity index (χ2v) is 5.56. The van der Waals surface area contributed by atoms with Gasteiger partial charge in [0.15, 0.2) is 0 Å². The van der Waals surface area contributed by atoms with Crippen LogP contribution in [-0.4, -0.2) is 9.91 Å². The van der Waals surface area contributed by atoms with Crippen molar-refractivity contribution in [2.24, 2.45) is 0 Å². The van der Waals surface area contributed by atoms with E-state index in [2.05, 4.69) is 39.2 Å². The number of hydrogen-bond acceptors (Lipinski definition) is 4. The molecule has 1 heterocycles. The third-order valence-corrected chi connectivity index (χ3v) is 3.60. The van der Waals surface area contributed by atoms with E-state index < -0.39 is 0 Å². The number of aromatic nitrogens is 1. The van der Waals surface area contributed by atoms with Crippen LogP contribution < -0.4 is 5.32 Å². The molecule has 0 bridgehead atoms. The summed E-state index contributed by atoms with van der Waals surface area (Å²) in [5, 5.41) is 14.1. The lowest BCUT2D eigenvalue weighted by atomic mass is 10.1. The van der Waals surface area contributed by atoms with Crippen LogP contribution in [0, 0.1) is 10.1 Å². The zero-order valence-corrected chi connectivity index (χ0v) is 13.3. The number of benzene rings is 1. The van der Waals surface area contributed by atoms with Crippen LogP contribution >= 0.6 is 15.9 Å². The van der Waals surface area contributed by atoms with Crippen molar-refractivity contribution in [3.8, 4) is 0 Å². The highest BCUT2D eigenvalue weighted by molar-refractivity contribution is 9.10. The summed E-state index contributed by atoms with van der Waals surface area (Å²) in [5.74, 6) is 0. The summed E-state index contributed by atoms with van der Waals surface area (Å²) < 4.78 is 0.709. The standard InChI is InChI=1S/C15H16BrN3O2/c1-2-12-4-3-5-18-15(12)10-17-9-11-6-13(16)8-14(7-11)19(20)21/h3-8,17H,2,9-10H2,1H3. The zero-order chi connectivity index (χ0) is 15.2. The molecule has 0 aliphatic heterocycles. The Kier molecular flexibility index (Phi) is 5.41. The molecule has 2 rings (SSSR count). The number of nitrogens with zero attached hydrogens (tertiary/aromatic N) is 2. The highest BCUT2D eigenvalue weighted by Crippen LogP contribution is 2.21. The van der Waals surface area contributed by atoms with Crippen molar-refractivity contribution >= 4 is 21.6 Å². The Morgan fingerprint density at radius 1 is 1.33 bits per heavy atom. The average molecular weight is 350 g/mol. The van der Waals surface area contributed by atoms with E-state index in [1.807, 2.05) is 12.1 Å². The van der Waals surface area contributed by atoms with Gasteiger partial charge in [0.1, 0.15) is 0 Å². The molecule has 1 aromatic carbocycles. The van der Waals surface area contributed by atoms with Gasteiger partial charge in [-0.05, 0) is 29.7 Å². The second-order valence-electron chi connectivity index (χ2n) is 4.64. The highest BCUT2D eigenvalue weighted by Gasteiger charge is 2.09. The van der Waals surface area contributed by atoms with E-state index in [4.69, 9.17) is 0 Å². The van der Waals surface area contributed by atoms with Crippen molar-refractivity contribution in [3.63, 3.8) is 0 Å². The van der Waals surface area contributed by atoms with Crippen molar-refractivity contribution < 1.29 is 4.92 Å². The molecule has 0 aliphatic carbocycles. The van der Waals surface area contributed by atoms with E-state index in [0.717, 1.165) is 17.7 Å². The second kappa shape index (κ2) is 7.28. The van der Waals surface area contributed by atoms with Gasteiger partial charge in [-0.1, -0.05) is 28.9 Å². The number of non-ortho nitro benzene ring substituents is 1. The molecule has 1 N–H and O–H groups in total. The van der Waals surface area contributed by atoms with Crippen LogP contribution in [0.25, 0.3) is 0 Å². The van der Waals surface area contributed by atoms with E-state index in [-0.39, 0.29) is 10.6 Å². The highest BCUT2D eigenvalue weighted by atomic mass is 79.9. The summed E-state index contributed by atoms with van der Waals surface area (Å²) in [5.41, 5.74) is 3.19. The summed E-state index contributed by atoms with van der Waals surface area (Å²) in [6.45, 7) is 3.29. The van der Waals surface area contributed by atoms with Gasteiger partial charge >= 0.3 is 0 Å². The van der Waals surface area contributed by atoms with Crippen LogP contribution in [0.15, 0.2) is 41.0 Å². The number of pyridine rings is 1. The Morgan fingerprint density at radius 3 is 2.86 bits per heavy atom. The SMILES string of the molecule is CCc1cccnc1CNCc1cc(Br)cc([N+](=O)[O-])c1. The number of nitro benzene ring substituents is 1. The summed E-state index contributed by atoms with van der Waals surface area (Å²) in [7, 11) is 0. The first-order valence-corrected chi connectivity index (χ1v) is 7.46. The van der Waals surface area contributed by atoms with E-state index in [0.29, 0.717) is 17.6 Å². The fraction of sp³-hybridized carbons (Fsp3) is 0.267. The summed E-state index contributed by atoms with van der Waals surface area (Å²) in [6, 6.07) is 8.95. The Labute approximate surface area is 131 Å². The molecule has 6 heteroatoms. The number of hydrogen-bond donors (Lipinski definition) is 1. The van der Waals surface area contributed by atoms with Crippen LogP contribution in [-0.2, 0) is 19.5 Å². The summed E-state index contributed by atoms with van der Waals surface area (Å²) in [4.78, 5) is 14.8. The van der Waals surface area contributed by atoms with Gasteiger partial charge in [-0.25, -0.2) is 0 Å². The van der Waals surface area contributed by atoms with Crippen LogP contribution in [0.5, 0.6) is 0 Å². The van der Waals surface area contributed by atoms with Gasteiger partial charge < -0.3 is 5.32 Å². The fourth-order valence-electron chi connectivity index (χ4n) is 2.12. The smallest absolute Gasteiger partial charge is 0.270 e. The monoisotopic (exact) mass is 349 g/mol.